The zero-order valence-electron chi connectivity index (χ0n) is 7.05. The third-order valence-corrected chi connectivity index (χ3v) is 1.24. The molecule has 0 saturated carbocycles. The van der Waals surface area contributed by atoms with Crippen LogP contribution in [0.15, 0.2) is 25.1 Å². The van der Waals surface area contributed by atoms with Crippen LogP contribution in [0.4, 0.5) is 30.7 Å². The van der Waals surface area contributed by atoms with Crippen molar-refractivity contribution < 1.29 is 35.5 Å². The molecule has 0 fully saturated rings. The molecule has 0 bridgehead atoms. The van der Waals surface area contributed by atoms with Crippen LogP contribution in [0.3, 0.4) is 0 Å². The van der Waals surface area contributed by atoms with Crippen LogP contribution in [-0.2, 0) is 4.74 Å². The van der Waals surface area contributed by atoms with E-state index in [1.807, 2.05) is 6.58 Å². The van der Waals surface area contributed by atoms with Crippen LogP contribution < -0.4 is 0 Å². The van der Waals surface area contributed by atoms with E-state index in [0.717, 1.165) is 0 Å². The van der Waals surface area contributed by atoms with E-state index in [1.54, 1.807) is 0 Å². The third kappa shape index (κ3) is 2.95. The summed E-state index contributed by atoms with van der Waals surface area (Å²) in [7, 11) is 0. The van der Waals surface area contributed by atoms with Gasteiger partial charge in [-0.05, 0) is 6.08 Å². The van der Waals surface area contributed by atoms with Crippen molar-refractivity contribution in [2.45, 2.75) is 18.1 Å². The highest BCUT2D eigenvalue weighted by atomic mass is 19.4. The predicted octanol–water partition coefficient (Wildman–Crippen LogP) is 3.49. The Morgan fingerprint density at radius 2 is 1.47 bits per heavy atom. The Morgan fingerprint density at radius 1 is 1.07 bits per heavy atom. The van der Waals surface area contributed by atoms with Gasteiger partial charge in [-0.1, -0.05) is 13.2 Å². The summed E-state index contributed by atoms with van der Waals surface area (Å²) in [5.74, 6) is -7.39. The molecule has 0 aromatic rings. The minimum Gasteiger partial charge on any atom is -0.265 e. The van der Waals surface area contributed by atoms with E-state index in [2.05, 4.69) is 11.3 Å². The van der Waals surface area contributed by atoms with Crippen molar-refractivity contribution in [2.24, 2.45) is 0 Å². The van der Waals surface area contributed by atoms with Crippen molar-refractivity contribution in [1.82, 2.24) is 0 Å². The molecule has 88 valence electrons. The molecule has 0 aliphatic carbocycles. The van der Waals surface area contributed by atoms with E-state index in [4.69, 9.17) is 0 Å². The summed E-state index contributed by atoms with van der Waals surface area (Å²) in [4.78, 5) is 0. The number of ether oxygens (including phenoxy) is 1. The van der Waals surface area contributed by atoms with Crippen LogP contribution in [0.2, 0.25) is 0 Å². The maximum absolute atomic E-state index is 12.7. The van der Waals surface area contributed by atoms with Gasteiger partial charge in [0.1, 0.15) is 0 Å². The van der Waals surface area contributed by atoms with Gasteiger partial charge in [0.15, 0.2) is 5.83 Å². The van der Waals surface area contributed by atoms with Crippen molar-refractivity contribution in [3.05, 3.63) is 25.1 Å². The first-order chi connectivity index (χ1) is 6.46. The Morgan fingerprint density at radius 3 is 1.67 bits per heavy atom. The van der Waals surface area contributed by atoms with Gasteiger partial charge in [-0.15, -0.1) is 0 Å². The smallest absolute Gasteiger partial charge is 0.265 e. The molecule has 1 nitrogen and oxygen atoms in total. The molecular weight excluding hydrogens is 233 g/mol. The highest BCUT2D eigenvalue weighted by Crippen LogP contribution is 2.41. The molecule has 8 heteroatoms. The normalized spacial score (nSPS) is 17.0. The topological polar surface area (TPSA) is 9.23 Å². The molecule has 1 atom stereocenters. The van der Waals surface area contributed by atoms with Crippen LogP contribution in [-0.4, -0.2) is 18.1 Å². The predicted molar refractivity (Wildman–Crippen MR) is 36.4 cm³/mol. The average molecular weight is 238 g/mol. The van der Waals surface area contributed by atoms with Crippen LogP contribution in [0.25, 0.3) is 0 Å². The standard InChI is InChI=1S/C7H5F7O/c1-3-5(9,7(12,13)14)15-6(10,11)4(2)8/h3H,1-2H2. The van der Waals surface area contributed by atoms with E-state index in [1.165, 1.54) is 0 Å². The lowest BCUT2D eigenvalue weighted by molar-refractivity contribution is -0.384. The first kappa shape index (κ1) is 13.9. The van der Waals surface area contributed by atoms with Gasteiger partial charge in [0.25, 0.3) is 0 Å². The van der Waals surface area contributed by atoms with Crippen molar-refractivity contribution in [2.75, 3.05) is 0 Å². The van der Waals surface area contributed by atoms with E-state index >= 15 is 0 Å². The molecule has 0 rings (SSSR count). The molecule has 15 heavy (non-hydrogen) atoms. The van der Waals surface area contributed by atoms with Crippen molar-refractivity contribution in [3.63, 3.8) is 0 Å². The summed E-state index contributed by atoms with van der Waals surface area (Å²) < 4.78 is 87.4. The minimum absolute atomic E-state index is 0.552. The number of hydrogen-bond acceptors (Lipinski definition) is 1. The average Bonchev–Trinajstić information content (AvgIpc) is 2.01. The lowest BCUT2D eigenvalue weighted by Gasteiger charge is -2.27. The maximum atomic E-state index is 12.7. The number of hydrogen-bond donors (Lipinski definition) is 0. The molecule has 0 aliphatic heterocycles. The fourth-order valence-electron chi connectivity index (χ4n) is 0.457. The molecule has 0 N–H and O–H groups in total. The Labute approximate surface area is 79.8 Å². The van der Waals surface area contributed by atoms with E-state index in [-0.39, 0.29) is 0 Å². The SMILES string of the molecule is C=CC(F)(OC(F)(F)C(=C)F)C(F)(F)F. The number of rotatable bonds is 4. The van der Waals surface area contributed by atoms with Crippen LogP contribution in [0, 0.1) is 0 Å². The van der Waals surface area contributed by atoms with Gasteiger partial charge in [-0.3, -0.25) is 4.74 Å². The van der Waals surface area contributed by atoms with E-state index in [9.17, 15) is 30.7 Å². The Balaban J connectivity index is 5.05. The largest absolute Gasteiger partial charge is 0.452 e. The van der Waals surface area contributed by atoms with Gasteiger partial charge < -0.3 is 0 Å². The summed E-state index contributed by atoms with van der Waals surface area (Å²) in [6.07, 6.45) is -11.4. The van der Waals surface area contributed by atoms with Gasteiger partial charge in [-0.2, -0.15) is 26.3 Å². The van der Waals surface area contributed by atoms with Gasteiger partial charge in [-0.25, -0.2) is 4.39 Å². The van der Waals surface area contributed by atoms with Crippen molar-refractivity contribution in [1.29, 1.82) is 0 Å². The van der Waals surface area contributed by atoms with Gasteiger partial charge >= 0.3 is 18.1 Å². The first-order valence-electron chi connectivity index (χ1n) is 3.28. The molecule has 0 amide bonds. The quantitative estimate of drug-likeness (QED) is 0.538. The van der Waals surface area contributed by atoms with Crippen LogP contribution >= 0.6 is 0 Å². The summed E-state index contributed by atoms with van der Waals surface area (Å²) in [5, 5.41) is 0. The lowest BCUT2D eigenvalue weighted by Crippen LogP contribution is -2.46. The molecular formula is C7H5F7O. The molecule has 0 saturated heterocycles. The number of alkyl halides is 6. The van der Waals surface area contributed by atoms with Gasteiger partial charge in [0, 0.05) is 0 Å². The summed E-state index contributed by atoms with van der Waals surface area (Å²) in [6.45, 7) is 4.35. The second kappa shape index (κ2) is 3.84. The second-order valence-corrected chi connectivity index (χ2v) is 2.37. The van der Waals surface area contributed by atoms with Crippen molar-refractivity contribution in [3.8, 4) is 0 Å². The highest BCUT2D eigenvalue weighted by molar-refractivity contribution is 5.00. The monoisotopic (exact) mass is 238 g/mol. The fourth-order valence-corrected chi connectivity index (χ4v) is 0.457. The zero-order valence-corrected chi connectivity index (χ0v) is 7.05. The van der Waals surface area contributed by atoms with Gasteiger partial charge in [0.2, 0.25) is 0 Å². The molecule has 1 unspecified atom stereocenters. The molecule has 0 aromatic heterocycles. The maximum Gasteiger partial charge on any atom is 0.452 e. The lowest BCUT2D eigenvalue weighted by atomic mass is 10.3. The summed E-state index contributed by atoms with van der Waals surface area (Å²) in [6, 6.07) is 0. The van der Waals surface area contributed by atoms with Crippen LogP contribution in [0.5, 0.6) is 0 Å². The summed E-state index contributed by atoms with van der Waals surface area (Å²) in [5.41, 5.74) is 0. The third-order valence-electron chi connectivity index (χ3n) is 1.24. The summed E-state index contributed by atoms with van der Waals surface area (Å²) >= 11 is 0. The molecule has 0 radical (unpaired) electrons. The molecule has 0 spiro atoms. The molecule has 0 heterocycles. The van der Waals surface area contributed by atoms with E-state index in [0.29, 0.717) is 0 Å². The van der Waals surface area contributed by atoms with Crippen LogP contribution in [0.1, 0.15) is 0 Å². The Bertz CT molecular complexity index is 269. The van der Waals surface area contributed by atoms with Crippen molar-refractivity contribution >= 4 is 0 Å². The fraction of sp³-hybridized carbons (Fsp3) is 0.429. The highest BCUT2D eigenvalue weighted by Gasteiger charge is 2.61. The Hall–Kier alpha value is -1.05. The molecule has 0 aliphatic rings. The van der Waals surface area contributed by atoms with E-state index < -0.39 is 30.0 Å². The minimum atomic E-state index is -5.80. The molecule has 0 aromatic carbocycles. The zero-order chi connectivity index (χ0) is 12.5. The first-order valence-corrected chi connectivity index (χ1v) is 3.28. The number of halogens is 7. The second-order valence-electron chi connectivity index (χ2n) is 2.37. The Kier molecular flexibility index (Phi) is 3.57. The van der Waals surface area contributed by atoms with Gasteiger partial charge in [0.05, 0.1) is 0 Å².